The summed E-state index contributed by atoms with van der Waals surface area (Å²) in [6.45, 7) is 3.69. The second kappa shape index (κ2) is 25.5. The van der Waals surface area contributed by atoms with Crippen LogP contribution in [0.5, 0.6) is 0 Å². The second-order valence-corrected chi connectivity index (χ2v) is 14.2. The van der Waals surface area contributed by atoms with Crippen LogP contribution in [0.3, 0.4) is 0 Å². The fraction of sp³-hybridized carbons (Fsp3) is 0.906. The van der Waals surface area contributed by atoms with E-state index in [1.54, 1.807) is 14.1 Å². The Balaban J connectivity index is 4.18. The molecule has 0 spiro atoms. The average molecular weight is 622 g/mol. The molecule has 0 heterocycles. The molecule has 0 amide bonds. The minimum absolute atomic E-state index is 0.0155. The molecule has 3 atom stereocenters. The topological polar surface area (TPSA) is 136 Å². The van der Waals surface area contributed by atoms with Gasteiger partial charge in [-0.2, -0.15) is 0 Å². The molecule has 0 saturated carbocycles. The van der Waals surface area contributed by atoms with E-state index in [4.69, 9.17) is 9.26 Å². The van der Waals surface area contributed by atoms with E-state index in [0.717, 1.165) is 32.1 Å². The Morgan fingerprint density at radius 2 is 1.31 bits per heavy atom. The van der Waals surface area contributed by atoms with Crippen LogP contribution >= 0.6 is 7.60 Å². The summed E-state index contributed by atoms with van der Waals surface area (Å²) in [4.78, 5) is 25.1. The summed E-state index contributed by atoms with van der Waals surface area (Å²) < 4.78 is 23.4. The highest BCUT2D eigenvalue weighted by atomic mass is 31.2. The summed E-state index contributed by atoms with van der Waals surface area (Å²) in [5.41, 5.74) is 0. The highest BCUT2D eigenvalue weighted by Gasteiger charge is 2.38. The van der Waals surface area contributed by atoms with Crippen LogP contribution in [0, 0.1) is 0 Å². The monoisotopic (exact) mass is 621 g/mol. The lowest BCUT2D eigenvalue weighted by atomic mass is 10.1. The van der Waals surface area contributed by atoms with Gasteiger partial charge in [-0.3, -0.25) is 4.79 Å². The SMILES string of the molecule is CCCCCCCCCCC/C=C\CCCCC(=O)OC[C@@H](O)COP(=O)([O-])C(CCCCC)[N+](C)(C)CCC(O)O. The quantitative estimate of drug-likeness (QED) is 0.0225. The summed E-state index contributed by atoms with van der Waals surface area (Å²) in [6, 6.07) is 0. The van der Waals surface area contributed by atoms with E-state index in [2.05, 4.69) is 19.1 Å². The molecule has 42 heavy (non-hydrogen) atoms. The second-order valence-electron chi connectivity index (χ2n) is 12.3. The van der Waals surface area contributed by atoms with Gasteiger partial charge in [-0.1, -0.05) is 90.2 Å². The predicted octanol–water partition coefficient (Wildman–Crippen LogP) is 6.18. The molecule has 0 aliphatic heterocycles. The minimum atomic E-state index is -4.42. The maximum absolute atomic E-state index is 13.1. The van der Waals surface area contributed by atoms with Crippen LogP contribution < -0.4 is 4.89 Å². The average Bonchev–Trinajstić information content (AvgIpc) is 2.94. The lowest BCUT2D eigenvalue weighted by Gasteiger charge is -2.44. The lowest BCUT2D eigenvalue weighted by Crippen LogP contribution is -2.51. The largest absolute Gasteiger partial charge is 0.774 e. The molecular weight excluding hydrogens is 557 g/mol. The number of rotatable bonds is 29. The van der Waals surface area contributed by atoms with Gasteiger partial charge >= 0.3 is 5.97 Å². The molecule has 0 rings (SSSR count). The minimum Gasteiger partial charge on any atom is -0.774 e. The third kappa shape index (κ3) is 22.7. The number of carbonyl (C=O) groups is 1. The first-order valence-electron chi connectivity index (χ1n) is 16.6. The number of aliphatic hydroxyl groups is 3. The zero-order chi connectivity index (χ0) is 31.7. The van der Waals surface area contributed by atoms with Crippen LogP contribution in [-0.4, -0.2) is 77.8 Å². The van der Waals surface area contributed by atoms with E-state index in [9.17, 15) is 29.6 Å². The van der Waals surface area contributed by atoms with Gasteiger partial charge in [-0.25, -0.2) is 0 Å². The Hall–Kier alpha value is -0.800. The molecule has 0 aliphatic rings. The Kier molecular flexibility index (Phi) is 25.0. The zero-order valence-corrected chi connectivity index (χ0v) is 28.1. The summed E-state index contributed by atoms with van der Waals surface area (Å²) in [5, 5.41) is 28.7. The van der Waals surface area contributed by atoms with Crippen molar-refractivity contribution in [3.63, 3.8) is 0 Å². The Morgan fingerprint density at radius 3 is 1.88 bits per heavy atom. The van der Waals surface area contributed by atoms with E-state index in [0.29, 0.717) is 19.3 Å². The molecule has 0 radical (unpaired) electrons. The molecule has 0 saturated heterocycles. The number of aliphatic hydroxyl groups excluding tert-OH is 2. The van der Waals surface area contributed by atoms with Crippen LogP contribution in [0.25, 0.3) is 0 Å². The number of quaternary nitrogens is 1. The molecule has 0 aromatic carbocycles. The van der Waals surface area contributed by atoms with Crippen molar-refractivity contribution in [2.24, 2.45) is 0 Å². The number of ether oxygens (including phenoxy) is 1. The first-order chi connectivity index (χ1) is 20.0. The van der Waals surface area contributed by atoms with E-state index in [1.165, 1.54) is 57.8 Å². The molecule has 2 unspecified atom stereocenters. The Bertz CT molecular complexity index is 731. The number of carbonyl (C=O) groups excluding carboxylic acids is 1. The molecule has 0 aromatic rings. The number of esters is 1. The maximum Gasteiger partial charge on any atom is 0.305 e. The van der Waals surface area contributed by atoms with Crippen molar-refractivity contribution in [3.8, 4) is 0 Å². The molecule has 9 nitrogen and oxygen atoms in total. The maximum atomic E-state index is 13.1. The predicted molar refractivity (Wildman–Crippen MR) is 168 cm³/mol. The summed E-state index contributed by atoms with van der Waals surface area (Å²) >= 11 is 0. The van der Waals surface area contributed by atoms with Crippen LogP contribution in [0.1, 0.15) is 136 Å². The van der Waals surface area contributed by atoms with E-state index < -0.39 is 38.3 Å². The van der Waals surface area contributed by atoms with Gasteiger partial charge in [0, 0.05) is 19.3 Å². The van der Waals surface area contributed by atoms with Gasteiger partial charge in [-0.15, -0.1) is 0 Å². The first kappa shape index (κ1) is 41.2. The van der Waals surface area contributed by atoms with Crippen molar-refractivity contribution in [3.05, 3.63) is 12.2 Å². The van der Waals surface area contributed by atoms with Crippen molar-refractivity contribution < 1.29 is 43.3 Å². The number of hydrogen-bond acceptors (Lipinski definition) is 8. The summed E-state index contributed by atoms with van der Waals surface area (Å²) in [6.07, 6.45) is 20.4. The molecule has 3 N–H and O–H groups in total. The summed E-state index contributed by atoms with van der Waals surface area (Å²) in [5.74, 6) is -1.31. The van der Waals surface area contributed by atoms with Crippen LogP contribution in [0.15, 0.2) is 12.2 Å². The van der Waals surface area contributed by atoms with Crippen molar-refractivity contribution in [1.29, 1.82) is 0 Å². The lowest BCUT2D eigenvalue weighted by molar-refractivity contribution is -0.905. The van der Waals surface area contributed by atoms with E-state index in [1.807, 2.05) is 6.92 Å². The van der Waals surface area contributed by atoms with Crippen LogP contribution in [0.2, 0.25) is 0 Å². The summed E-state index contributed by atoms with van der Waals surface area (Å²) in [7, 11) is -0.978. The van der Waals surface area contributed by atoms with E-state index in [-0.39, 0.29) is 30.5 Å². The van der Waals surface area contributed by atoms with E-state index >= 15 is 0 Å². The van der Waals surface area contributed by atoms with Gasteiger partial charge < -0.3 is 38.5 Å². The Morgan fingerprint density at radius 1 is 0.786 bits per heavy atom. The van der Waals surface area contributed by atoms with Crippen LogP contribution in [-0.2, 0) is 18.6 Å². The van der Waals surface area contributed by atoms with Crippen molar-refractivity contribution in [2.75, 3.05) is 33.9 Å². The van der Waals surface area contributed by atoms with Gasteiger partial charge in [0.15, 0.2) is 19.7 Å². The highest BCUT2D eigenvalue weighted by Crippen LogP contribution is 2.49. The van der Waals surface area contributed by atoms with Gasteiger partial charge in [-0.05, 0) is 38.5 Å². The molecule has 250 valence electrons. The normalized spacial score (nSPS) is 15.3. The zero-order valence-electron chi connectivity index (χ0n) is 27.2. The third-order valence-corrected chi connectivity index (χ3v) is 9.85. The number of allylic oxidation sites excluding steroid dienone is 2. The number of nitrogens with zero attached hydrogens (tertiary/aromatic N) is 1. The molecule has 10 heteroatoms. The van der Waals surface area contributed by atoms with Gasteiger partial charge in [0.1, 0.15) is 12.7 Å². The first-order valence-corrected chi connectivity index (χ1v) is 18.2. The van der Waals surface area contributed by atoms with Gasteiger partial charge in [0.25, 0.3) is 0 Å². The van der Waals surface area contributed by atoms with Crippen LogP contribution in [0.4, 0.5) is 0 Å². The fourth-order valence-electron chi connectivity index (χ4n) is 4.99. The number of unbranched alkanes of at least 4 members (excludes halogenated alkanes) is 13. The third-order valence-electron chi connectivity index (χ3n) is 7.73. The molecule has 0 aromatic heterocycles. The molecular formula is C32H64NO8P. The van der Waals surface area contributed by atoms with Crippen molar-refractivity contribution >= 4 is 13.6 Å². The molecule has 0 aliphatic carbocycles. The fourth-order valence-corrected chi connectivity index (χ4v) is 6.92. The molecule has 0 fully saturated rings. The molecule has 0 bridgehead atoms. The van der Waals surface area contributed by atoms with Crippen molar-refractivity contribution in [1.82, 2.24) is 0 Å². The number of hydrogen-bond donors (Lipinski definition) is 3. The van der Waals surface area contributed by atoms with Gasteiger partial charge in [0.2, 0.25) is 0 Å². The van der Waals surface area contributed by atoms with Crippen molar-refractivity contribution in [2.45, 2.75) is 154 Å². The Labute approximate surface area is 256 Å². The highest BCUT2D eigenvalue weighted by molar-refractivity contribution is 7.51. The van der Waals surface area contributed by atoms with Gasteiger partial charge in [0.05, 0.1) is 27.2 Å². The smallest absolute Gasteiger partial charge is 0.305 e. The standard InChI is InChI=1S/C32H64NO8P/c1-5-7-9-10-11-12-13-14-15-16-17-18-19-20-22-24-32(37)40-27-29(34)28-41-42(38,39)30(23-21-8-6-2)33(3,4)26-25-31(35)36/h17-18,29-31,34-36H,5-16,19-28H2,1-4H3/b18-17-/t29-,30?/m1/s1.